The molecule has 0 atom stereocenters. The second-order valence-corrected chi connectivity index (χ2v) is 7.18. The summed E-state index contributed by atoms with van der Waals surface area (Å²) < 4.78 is 0. The zero-order valence-electron chi connectivity index (χ0n) is 13.4. The predicted molar refractivity (Wildman–Crippen MR) is 101 cm³/mol. The fraction of sp³-hybridized carbons (Fsp3) is 0.105. The van der Waals surface area contributed by atoms with E-state index in [1.54, 1.807) is 42.1 Å². The average molecular weight is 366 g/mol. The smallest absolute Gasteiger partial charge is 0.268 e. The fourth-order valence-corrected chi connectivity index (χ4v) is 3.67. The van der Waals surface area contributed by atoms with E-state index in [1.165, 1.54) is 4.90 Å². The van der Waals surface area contributed by atoms with Crippen LogP contribution in [0.1, 0.15) is 16.7 Å². The third-order valence-corrected chi connectivity index (χ3v) is 5.40. The Bertz CT molecular complexity index is 898. The van der Waals surface area contributed by atoms with Gasteiger partial charge in [-0.15, -0.1) is 11.8 Å². The van der Waals surface area contributed by atoms with Gasteiger partial charge in [0.15, 0.2) is 0 Å². The van der Waals surface area contributed by atoms with Crippen LogP contribution in [0.25, 0.3) is 6.08 Å². The van der Waals surface area contributed by atoms with Crippen LogP contribution in [0.2, 0.25) is 0 Å². The van der Waals surface area contributed by atoms with Crippen LogP contribution >= 0.6 is 23.5 Å². The summed E-state index contributed by atoms with van der Waals surface area (Å²) in [5.74, 6) is -0.323. The number of nitrogens with zero attached hydrogens (tertiary/aromatic N) is 2. The number of rotatable bonds is 4. The van der Waals surface area contributed by atoms with Crippen LogP contribution in [-0.2, 0) is 11.3 Å². The number of carbonyl (C=O) groups is 2. The molecule has 1 aliphatic rings. The van der Waals surface area contributed by atoms with Crippen molar-refractivity contribution < 1.29 is 9.59 Å². The van der Waals surface area contributed by atoms with E-state index >= 15 is 0 Å². The van der Waals surface area contributed by atoms with Crippen molar-refractivity contribution in [2.45, 2.75) is 11.4 Å². The van der Waals surface area contributed by atoms with Crippen molar-refractivity contribution in [3.63, 3.8) is 0 Å². The van der Waals surface area contributed by atoms with Crippen molar-refractivity contribution in [2.75, 3.05) is 6.26 Å². The van der Waals surface area contributed by atoms with Gasteiger partial charge in [0.2, 0.25) is 0 Å². The Hall–Kier alpha value is -2.49. The number of imide groups is 1. The maximum atomic E-state index is 12.6. The van der Waals surface area contributed by atoms with Crippen molar-refractivity contribution in [3.8, 4) is 6.07 Å². The van der Waals surface area contributed by atoms with E-state index < -0.39 is 0 Å². The molecule has 6 heteroatoms. The maximum absolute atomic E-state index is 12.6. The summed E-state index contributed by atoms with van der Waals surface area (Å²) in [6, 6.07) is 16.9. The van der Waals surface area contributed by atoms with Gasteiger partial charge in [-0.05, 0) is 53.4 Å². The van der Waals surface area contributed by atoms with Crippen molar-refractivity contribution in [1.82, 2.24) is 4.90 Å². The van der Waals surface area contributed by atoms with Gasteiger partial charge in [-0.3, -0.25) is 14.5 Å². The average Bonchev–Trinajstić information content (AvgIpc) is 2.90. The molecule has 3 rings (SSSR count). The van der Waals surface area contributed by atoms with Gasteiger partial charge in [0, 0.05) is 4.90 Å². The first-order valence-electron chi connectivity index (χ1n) is 7.50. The minimum Gasteiger partial charge on any atom is -0.268 e. The van der Waals surface area contributed by atoms with Crippen molar-refractivity contribution >= 4 is 40.7 Å². The summed E-state index contributed by atoms with van der Waals surface area (Å²) in [6.07, 6.45) is 3.73. The van der Waals surface area contributed by atoms with E-state index in [2.05, 4.69) is 6.07 Å². The molecule has 1 heterocycles. The summed E-state index contributed by atoms with van der Waals surface area (Å²) in [5.41, 5.74) is 2.01. The predicted octanol–water partition coefficient (Wildman–Crippen LogP) is 4.52. The standard InChI is InChI=1S/C19H14N2O2S2/c1-24-16-8-6-13(7-9-16)10-17-18(22)21(19(23)25-17)12-15-5-3-2-4-14(15)11-20/h2-10H,12H2,1H3/b17-10+. The first kappa shape index (κ1) is 17.3. The minimum absolute atomic E-state index is 0.108. The van der Waals surface area contributed by atoms with Crippen LogP contribution in [0, 0.1) is 11.3 Å². The molecule has 0 radical (unpaired) electrons. The monoisotopic (exact) mass is 366 g/mol. The lowest BCUT2D eigenvalue weighted by Crippen LogP contribution is -2.27. The molecule has 124 valence electrons. The van der Waals surface area contributed by atoms with Gasteiger partial charge in [0.25, 0.3) is 11.1 Å². The Balaban J connectivity index is 1.82. The molecule has 1 aliphatic heterocycles. The zero-order valence-corrected chi connectivity index (χ0v) is 15.1. The molecule has 0 spiro atoms. The van der Waals surface area contributed by atoms with Gasteiger partial charge >= 0.3 is 0 Å². The van der Waals surface area contributed by atoms with E-state index in [0.717, 1.165) is 22.2 Å². The lowest BCUT2D eigenvalue weighted by atomic mass is 10.1. The molecule has 0 saturated carbocycles. The van der Waals surface area contributed by atoms with Crippen LogP contribution in [0.5, 0.6) is 0 Å². The Labute approximate surface area is 154 Å². The number of carbonyl (C=O) groups excluding carboxylic acids is 2. The molecule has 25 heavy (non-hydrogen) atoms. The van der Waals surface area contributed by atoms with Crippen molar-refractivity contribution in [1.29, 1.82) is 5.26 Å². The molecule has 0 unspecified atom stereocenters. The fourth-order valence-electron chi connectivity index (χ4n) is 2.43. The van der Waals surface area contributed by atoms with Gasteiger partial charge in [-0.1, -0.05) is 30.3 Å². The maximum Gasteiger partial charge on any atom is 0.293 e. The Morgan fingerprint density at radius 3 is 2.56 bits per heavy atom. The van der Waals surface area contributed by atoms with Gasteiger partial charge in [0.1, 0.15) is 0 Å². The lowest BCUT2D eigenvalue weighted by Gasteiger charge is -2.13. The molecule has 0 aliphatic carbocycles. The molecular formula is C19H14N2O2S2. The largest absolute Gasteiger partial charge is 0.293 e. The first-order chi connectivity index (χ1) is 12.1. The van der Waals surface area contributed by atoms with Gasteiger partial charge in [-0.25, -0.2) is 0 Å². The third-order valence-electron chi connectivity index (χ3n) is 3.75. The van der Waals surface area contributed by atoms with Crippen LogP contribution < -0.4 is 0 Å². The normalized spacial score (nSPS) is 15.7. The zero-order chi connectivity index (χ0) is 17.8. The second-order valence-electron chi connectivity index (χ2n) is 5.31. The number of nitriles is 1. The lowest BCUT2D eigenvalue weighted by molar-refractivity contribution is -0.123. The summed E-state index contributed by atoms with van der Waals surface area (Å²) in [4.78, 5) is 27.5. The van der Waals surface area contributed by atoms with Gasteiger partial charge in [-0.2, -0.15) is 5.26 Å². The molecular weight excluding hydrogens is 352 g/mol. The van der Waals surface area contributed by atoms with Crippen molar-refractivity contribution in [3.05, 3.63) is 70.1 Å². The van der Waals surface area contributed by atoms with E-state index in [9.17, 15) is 9.59 Å². The molecule has 0 bridgehead atoms. The second kappa shape index (κ2) is 7.60. The highest BCUT2D eigenvalue weighted by atomic mass is 32.2. The van der Waals surface area contributed by atoms with E-state index in [1.807, 2.05) is 30.5 Å². The van der Waals surface area contributed by atoms with Crippen LogP contribution in [0.4, 0.5) is 4.79 Å². The SMILES string of the molecule is CSc1ccc(/C=C2/SC(=O)N(Cc3ccccc3C#N)C2=O)cc1. The number of thioether (sulfide) groups is 2. The number of hydrogen-bond donors (Lipinski definition) is 0. The third kappa shape index (κ3) is 3.78. The molecule has 2 aromatic rings. The molecule has 0 N–H and O–H groups in total. The highest BCUT2D eigenvalue weighted by molar-refractivity contribution is 8.18. The van der Waals surface area contributed by atoms with E-state index in [4.69, 9.17) is 5.26 Å². The molecule has 1 fully saturated rings. The van der Waals surface area contributed by atoms with Gasteiger partial charge in [0.05, 0.1) is 23.1 Å². The summed E-state index contributed by atoms with van der Waals surface area (Å²) in [6.45, 7) is 0.108. The molecule has 2 amide bonds. The van der Waals surface area contributed by atoms with Crippen LogP contribution in [0.3, 0.4) is 0 Å². The number of hydrogen-bond acceptors (Lipinski definition) is 5. The van der Waals surface area contributed by atoms with Gasteiger partial charge < -0.3 is 0 Å². The first-order valence-corrected chi connectivity index (χ1v) is 9.54. The Morgan fingerprint density at radius 2 is 1.88 bits per heavy atom. The van der Waals surface area contributed by atoms with Crippen LogP contribution in [0.15, 0.2) is 58.3 Å². The summed E-state index contributed by atoms with van der Waals surface area (Å²) in [5, 5.41) is 8.84. The molecule has 4 nitrogen and oxygen atoms in total. The molecule has 2 aromatic carbocycles. The Kier molecular flexibility index (Phi) is 5.27. The molecule has 1 saturated heterocycles. The Morgan fingerprint density at radius 1 is 1.16 bits per heavy atom. The number of benzene rings is 2. The van der Waals surface area contributed by atoms with Crippen LogP contribution in [-0.4, -0.2) is 22.3 Å². The summed E-state index contributed by atoms with van der Waals surface area (Å²) in [7, 11) is 0. The minimum atomic E-state index is -0.323. The molecule has 0 aromatic heterocycles. The highest BCUT2D eigenvalue weighted by Gasteiger charge is 2.35. The highest BCUT2D eigenvalue weighted by Crippen LogP contribution is 2.33. The topological polar surface area (TPSA) is 61.2 Å². The number of amides is 2. The quantitative estimate of drug-likeness (QED) is 0.588. The summed E-state index contributed by atoms with van der Waals surface area (Å²) >= 11 is 2.57. The van der Waals surface area contributed by atoms with E-state index in [-0.39, 0.29) is 17.7 Å². The van der Waals surface area contributed by atoms with E-state index in [0.29, 0.717) is 16.0 Å². The van der Waals surface area contributed by atoms with Crippen molar-refractivity contribution in [2.24, 2.45) is 0 Å².